The summed E-state index contributed by atoms with van der Waals surface area (Å²) in [5, 5.41) is 10.7. The number of aromatic amines is 1. The summed E-state index contributed by atoms with van der Waals surface area (Å²) in [6.45, 7) is 1.62. The van der Waals surface area contributed by atoms with Crippen molar-refractivity contribution in [2.75, 3.05) is 7.11 Å². The second kappa shape index (κ2) is 8.72. The van der Waals surface area contributed by atoms with Gasteiger partial charge in [0.1, 0.15) is 28.3 Å². The van der Waals surface area contributed by atoms with E-state index >= 15 is 0 Å². The largest absolute Gasteiger partial charge is 0.496 e. The number of carbonyl (C=O) groups is 1. The van der Waals surface area contributed by atoms with E-state index in [0.29, 0.717) is 5.75 Å². The molecule has 0 bridgehead atoms. The molecular formula is C22H16ClFN2O6S. The third-order valence-electron chi connectivity index (χ3n) is 4.96. The normalized spacial score (nSPS) is 12.0. The quantitative estimate of drug-likeness (QED) is 0.415. The molecule has 2 aromatic carbocycles. The van der Waals surface area contributed by atoms with Crippen LogP contribution in [0.3, 0.4) is 0 Å². The molecule has 170 valence electrons. The summed E-state index contributed by atoms with van der Waals surface area (Å²) in [4.78, 5) is 39.6. The maximum Gasteiger partial charge on any atom is 0.346 e. The topological polar surface area (TPSA) is 111 Å². The van der Waals surface area contributed by atoms with Gasteiger partial charge in [-0.2, -0.15) is 0 Å². The minimum Gasteiger partial charge on any atom is -0.496 e. The molecule has 1 atom stereocenters. The van der Waals surface area contributed by atoms with Crippen molar-refractivity contribution in [1.82, 2.24) is 9.55 Å². The van der Waals surface area contributed by atoms with Gasteiger partial charge in [0.2, 0.25) is 0 Å². The average molecular weight is 491 g/mol. The van der Waals surface area contributed by atoms with E-state index in [9.17, 15) is 23.9 Å². The molecule has 0 aliphatic carbocycles. The molecule has 2 aromatic heterocycles. The van der Waals surface area contributed by atoms with E-state index < -0.39 is 29.1 Å². The molecule has 0 aliphatic heterocycles. The van der Waals surface area contributed by atoms with Crippen LogP contribution in [0.4, 0.5) is 4.39 Å². The molecule has 2 N–H and O–H groups in total. The third-order valence-corrected chi connectivity index (χ3v) is 6.25. The Labute approximate surface area is 194 Å². The summed E-state index contributed by atoms with van der Waals surface area (Å²) in [5.41, 5.74) is -1.34. The van der Waals surface area contributed by atoms with E-state index in [1.165, 1.54) is 42.8 Å². The zero-order valence-corrected chi connectivity index (χ0v) is 18.8. The molecule has 0 amide bonds. The zero-order chi connectivity index (χ0) is 23.9. The smallest absolute Gasteiger partial charge is 0.346 e. The van der Waals surface area contributed by atoms with Crippen molar-refractivity contribution in [2.45, 2.75) is 13.0 Å². The van der Waals surface area contributed by atoms with Gasteiger partial charge in [-0.1, -0.05) is 17.7 Å². The summed E-state index contributed by atoms with van der Waals surface area (Å²) in [5.74, 6) is -1.31. The molecule has 0 radical (unpaired) electrons. The Kier molecular flexibility index (Phi) is 5.96. The number of carboxylic acids is 1. The molecular weight excluding hydrogens is 475 g/mol. The van der Waals surface area contributed by atoms with Crippen LogP contribution in [0.25, 0.3) is 16.6 Å². The highest BCUT2D eigenvalue weighted by Crippen LogP contribution is 2.33. The van der Waals surface area contributed by atoms with Crippen LogP contribution in [-0.4, -0.2) is 27.7 Å². The summed E-state index contributed by atoms with van der Waals surface area (Å²) in [7, 11) is 1.41. The molecule has 2 heterocycles. The van der Waals surface area contributed by atoms with Gasteiger partial charge in [-0.15, -0.1) is 11.3 Å². The first-order valence-electron chi connectivity index (χ1n) is 9.51. The Morgan fingerprint density at radius 1 is 1.27 bits per heavy atom. The number of hydrogen-bond acceptors (Lipinski definition) is 6. The van der Waals surface area contributed by atoms with Gasteiger partial charge < -0.3 is 19.6 Å². The van der Waals surface area contributed by atoms with Gasteiger partial charge in [-0.05, 0) is 31.2 Å². The lowest BCUT2D eigenvalue weighted by Crippen LogP contribution is -2.34. The number of methoxy groups -OCH3 is 1. The molecule has 0 spiro atoms. The molecule has 0 fully saturated rings. The number of halogens is 2. The molecule has 33 heavy (non-hydrogen) atoms. The lowest BCUT2D eigenvalue weighted by atomic mass is 10.1. The molecule has 4 rings (SSSR count). The number of nitrogens with zero attached hydrogens (tertiary/aromatic N) is 1. The SMILES string of the molecule is COc1cccc(F)c1C(C)Oc1ccc(Cl)c(-n2c(=O)[nH]c3csc(C(=O)O)c3c2=O)c1. The molecule has 4 aromatic rings. The van der Waals surface area contributed by atoms with E-state index in [-0.39, 0.29) is 37.8 Å². The van der Waals surface area contributed by atoms with Crippen LogP contribution in [0.2, 0.25) is 5.02 Å². The maximum atomic E-state index is 14.4. The standard InChI is InChI=1S/C22H16ClFN2O6S/c1-10(17-13(24)4-3-5-16(17)31-2)32-11-6-7-12(23)15(8-11)26-20(27)18-14(25-22(26)30)9-33-19(18)21(28)29/h3-10H,1-2H3,(H,25,30)(H,28,29). The molecule has 0 saturated carbocycles. The summed E-state index contributed by atoms with van der Waals surface area (Å²) >= 11 is 7.09. The van der Waals surface area contributed by atoms with Crippen LogP contribution in [0.15, 0.2) is 51.4 Å². The van der Waals surface area contributed by atoms with Gasteiger partial charge >= 0.3 is 11.7 Å². The number of fused-ring (bicyclic) bond motifs is 1. The van der Waals surface area contributed by atoms with E-state index in [1.54, 1.807) is 13.0 Å². The number of rotatable bonds is 6. The number of nitrogens with one attached hydrogen (secondary N) is 1. The Morgan fingerprint density at radius 2 is 2.03 bits per heavy atom. The zero-order valence-electron chi connectivity index (χ0n) is 17.2. The fourth-order valence-corrected chi connectivity index (χ4v) is 4.53. The first-order chi connectivity index (χ1) is 15.7. The van der Waals surface area contributed by atoms with Crippen molar-refractivity contribution < 1.29 is 23.8 Å². The van der Waals surface area contributed by atoms with Crippen molar-refractivity contribution in [3.05, 3.63) is 83.9 Å². The van der Waals surface area contributed by atoms with Crippen molar-refractivity contribution in [3.63, 3.8) is 0 Å². The van der Waals surface area contributed by atoms with Crippen molar-refractivity contribution in [3.8, 4) is 17.2 Å². The van der Waals surface area contributed by atoms with Gasteiger partial charge in [0, 0.05) is 11.4 Å². The van der Waals surface area contributed by atoms with Crippen LogP contribution >= 0.6 is 22.9 Å². The molecule has 11 heteroatoms. The molecule has 1 unspecified atom stereocenters. The van der Waals surface area contributed by atoms with Crippen molar-refractivity contribution in [1.29, 1.82) is 0 Å². The summed E-state index contributed by atoms with van der Waals surface area (Å²) in [6, 6.07) is 8.65. The number of thiophene rings is 1. The van der Waals surface area contributed by atoms with Gasteiger partial charge in [0.25, 0.3) is 5.56 Å². The van der Waals surface area contributed by atoms with E-state index in [1.807, 2.05) is 0 Å². The van der Waals surface area contributed by atoms with E-state index in [4.69, 9.17) is 21.1 Å². The first-order valence-corrected chi connectivity index (χ1v) is 10.8. The third kappa shape index (κ3) is 3.98. The predicted molar refractivity (Wildman–Crippen MR) is 122 cm³/mol. The number of hydrogen-bond donors (Lipinski definition) is 2. The number of aromatic carboxylic acids is 1. The van der Waals surface area contributed by atoms with Gasteiger partial charge in [-0.3, -0.25) is 4.79 Å². The highest BCUT2D eigenvalue weighted by molar-refractivity contribution is 7.13. The number of aromatic nitrogens is 2. The maximum absolute atomic E-state index is 14.4. The Morgan fingerprint density at radius 3 is 2.73 bits per heavy atom. The van der Waals surface area contributed by atoms with Crippen molar-refractivity contribution in [2.24, 2.45) is 0 Å². The van der Waals surface area contributed by atoms with Crippen LogP contribution in [-0.2, 0) is 0 Å². The second-order valence-corrected chi connectivity index (χ2v) is 8.25. The minimum absolute atomic E-state index is 0.0162. The molecule has 0 saturated heterocycles. The number of H-pyrrole nitrogens is 1. The monoisotopic (exact) mass is 490 g/mol. The van der Waals surface area contributed by atoms with E-state index in [2.05, 4.69) is 4.98 Å². The van der Waals surface area contributed by atoms with Crippen LogP contribution in [0, 0.1) is 5.82 Å². The minimum atomic E-state index is -1.29. The molecule has 8 nitrogen and oxygen atoms in total. The van der Waals surface area contributed by atoms with Crippen LogP contribution in [0.1, 0.15) is 28.3 Å². The van der Waals surface area contributed by atoms with Crippen LogP contribution in [0.5, 0.6) is 11.5 Å². The summed E-state index contributed by atoms with van der Waals surface area (Å²) < 4.78 is 26.2. The number of ether oxygens (including phenoxy) is 2. The first kappa shape index (κ1) is 22.6. The van der Waals surface area contributed by atoms with Gasteiger partial charge in [0.15, 0.2) is 0 Å². The lowest BCUT2D eigenvalue weighted by Gasteiger charge is -2.19. The summed E-state index contributed by atoms with van der Waals surface area (Å²) in [6.07, 6.45) is -0.789. The van der Waals surface area contributed by atoms with E-state index in [0.717, 1.165) is 15.9 Å². The lowest BCUT2D eigenvalue weighted by molar-refractivity contribution is 0.0704. The fraction of sp³-hybridized carbons (Fsp3) is 0.136. The highest BCUT2D eigenvalue weighted by Gasteiger charge is 2.22. The Balaban J connectivity index is 1.82. The predicted octanol–water partition coefficient (Wildman–Crippen LogP) is 4.38. The highest BCUT2D eigenvalue weighted by atomic mass is 35.5. The Hall–Kier alpha value is -3.63. The number of benzene rings is 2. The van der Waals surface area contributed by atoms with Gasteiger partial charge in [0.05, 0.1) is 34.3 Å². The number of carboxylic acid groups (broad SMARTS) is 1. The fourth-order valence-electron chi connectivity index (χ4n) is 3.50. The van der Waals surface area contributed by atoms with Crippen LogP contribution < -0.4 is 20.7 Å². The Bertz CT molecular complexity index is 1510. The second-order valence-electron chi connectivity index (χ2n) is 6.96. The average Bonchev–Trinajstić information content (AvgIpc) is 3.19. The van der Waals surface area contributed by atoms with Gasteiger partial charge in [-0.25, -0.2) is 18.5 Å². The van der Waals surface area contributed by atoms with Crippen molar-refractivity contribution >= 4 is 39.8 Å². The molecule has 0 aliphatic rings.